The van der Waals surface area contributed by atoms with E-state index in [9.17, 15) is 0 Å². The fourth-order valence-electron chi connectivity index (χ4n) is 14.7. The Balaban J connectivity index is 0.708. The first-order chi connectivity index (χ1) is 43.6. The second kappa shape index (κ2) is 18.9. The molecular formula is C84H50N2O2. The van der Waals surface area contributed by atoms with Crippen LogP contribution in [-0.4, -0.2) is 9.13 Å². The van der Waals surface area contributed by atoms with Crippen LogP contribution in [0.5, 0.6) is 0 Å². The molecule has 0 saturated carbocycles. The van der Waals surface area contributed by atoms with Gasteiger partial charge >= 0.3 is 0 Å². The molecule has 0 aliphatic heterocycles. The molecule has 0 saturated heterocycles. The maximum Gasteiger partial charge on any atom is 0.137 e. The first kappa shape index (κ1) is 48.6. The normalized spacial score (nSPS) is 12.1. The summed E-state index contributed by atoms with van der Waals surface area (Å²) in [5, 5.41) is 16.7. The number of hydrogen-bond donors (Lipinski definition) is 0. The average Bonchev–Trinajstić information content (AvgIpc) is 2.95. The van der Waals surface area contributed by atoms with Crippen molar-refractivity contribution in [1.29, 1.82) is 0 Å². The molecule has 0 radical (unpaired) electrons. The smallest absolute Gasteiger partial charge is 0.137 e. The molecule has 0 aliphatic rings. The second-order valence-electron chi connectivity index (χ2n) is 23.5. The van der Waals surface area contributed by atoms with Crippen LogP contribution in [0.4, 0.5) is 0 Å². The highest BCUT2D eigenvalue weighted by Gasteiger charge is 2.22. The van der Waals surface area contributed by atoms with Crippen molar-refractivity contribution in [1.82, 2.24) is 9.13 Å². The van der Waals surface area contributed by atoms with Crippen LogP contribution >= 0.6 is 0 Å². The average molecular weight is 1120 g/mol. The van der Waals surface area contributed by atoms with E-state index in [1.54, 1.807) is 0 Å². The molecular weight excluding hydrogens is 1070 g/mol. The van der Waals surface area contributed by atoms with Crippen LogP contribution in [0.1, 0.15) is 0 Å². The fraction of sp³-hybridized carbons (Fsp3) is 0. The van der Waals surface area contributed by atoms with Gasteiger partial charge in [0.1, 0.15) is 22.3 Å². The van der Waals surface area contributed by atoms with Crippen molar-refractivity contribution in [2.45, 2.75) is 0 Å². The van der Waals surface area contributed by atoms with Gasteiger partial charge in [0, 0.05) is 32.9 Å². The van der Waals surface area contributed by atoms with Gasteiger partial charge in [0.2, 0.25) is 0 Å². The molecule has 0 atom stereocenters. The maximum atomic E-state index is 6.74. The lowest BCUT2D eigenvalue weighted by Gasteiger charge is -2.15. The van der Waals surface area contributed by atoms with Crippen LogP contribution in [0.2, 0.25) is 0 Å². The maximum absolute atomic E-state index is 6.74. The molecule has 88 heavy (non-hydrogen) atoms. The van der Waals surface area contributed by atoms with Gasteiger partial charge < -0.3 is 18.0 Å². The lowest BCUT2D eigenvalue weighted by Crippen LogP contribution is -1.96. The molecule has 19 aromatic rings. The molecule has 408 valence electrons. The highest BCUT2D eigenvalue weighted by molar-refractivity contribution is 6.29. The van der Waals surface area contributed by atoms with Gasteiger partial charge in [-0.1, -0.05) is 206 Å². The fourth-order valence-corrected chi connectivity index (χ4v) is 14.7. The summed E-state index contributed by atoms with van der Waals surface area (Å²) in [6.45, 7) is 0. The largest absolute Gasteiger partial charge is 0.456 e. The molecule has 0 amide bonds. The molecule has 0 unspecified atom stereocenters. The summed E-state index contributed by atoms with van der Waals surface area (Å²) in [6, 6.07) is 111. The van der Waals surface area contributed by atoms with E-state index in [0.29, 0.717) is 0 Å². The lowest BCUT2D eigenvalue weighted by molar-refractivity contribution is 0.663. The predicted molar refractivity (Wildman–Crippen MR) is 369 cm³/mol. The Hall–Kier alpha value is -11.7. The number of rotatable bonds is 7. The SMILES string of the molecule is c1ccc(-c2cc(-c3ccc(-c4ccc5c6ccccc6c6ccc(-c7cccc(-c8cccc(-n9c%10cccc%11oc%12ccccc%12c%12cccc9c%12c%11%10)c8)c7)cc6c5c4)cc3)cc(-n3c4cccc5oc6ccccc6c6cccc3c6c54)c2)cc1. The molecule has 15 aromatic carbocycles. The number of hydrogen-bond acceptors (Lipinski definition) is 2. The van der Waals surface area contributed by atoms with E-state index in [-0.39, 0.29) is 0 Å². The number of fused-ring (bicyclic) bond motifs is 10. The summed E-state index contributed by atoms with van der Waals surface area (Å²) in [5.74, 6) is 0. The van der Waals surface area contributed by atoms with Crippen LogP contribution in [0.3, 0.4) is 0 Å². The van der Waals surface area contributed by atoms with Gasteiger partial charge in [0.05, 0.1) is 32.8 Å². The zero-order chi connectivity index (χ0) is 57.6. The second-order valence-corrected chi connectivity index (χ2v) is 23.5. The van der Waals surface area contributed by atoms with Crippen LogP contribution in [-0.2, 0) is 0 Å². The summed E-state index contributed by atoms with van der Waals surface area (Å²) < 4.78 is 18.2. The topological polar surface area (TPSA) is 36.1 Å². The Morgan fingerprint density at radius 1 is 0.170 bits per heavy atom. The molecule has 4 aromatic heterocycles. The van der Waals surface area contributed by atoms with Gasteiger partial charge in [-0.05, 0) is 196 Å². The summed E-state index contributed by atoms with van der Waals surface area (Å²) in [7, 11) is 0. The lowest BCUT2D eigenvalue weighted by atomic mass is 9.89. The van der Waals surface area contributed by atoms with Gasteiger partial charge in [0.25, 0.3) is 0 Å². The highest BCUT2D eigenvalue weighted by Crippen LogP contribution is 2.46. The van der Waals surface area contributed by atoms with Gasteiger partial charge in [0.15, 0.2) is 0 Å². The molecule has 19 rings (SSSR count). The first-order valence-corrected chi connectivity index (χ1v) is 30.2. The third kappa shape index (κ3) is 7.33. The van der Waals surface area contributed by atoms with E-state index in [4.69, 9.17) is 8.83 Å². The van der Waals surface area contributed by atoms with Crippen molar-refractivity contribution in [3.63, 3.8) is 0 Å². The van der Waals surface area contributed by atoms with Gasteiger partial charge in [-0.25, -0.2) is 0 Å². The van der Waals surface area contributed by atoms with Crippen molar-refractivity contribution in [2.75, 3.05) is 0 Å². The predicted octanol–water partition coefficient (Wildman–Crippen LogP) is 23.5. The molecule has 0 spiro atoms. The molecule has 0 bridgehead atoms. The summed E-state index contributed by atoms with van der Waals surface area (Å²) in [4.78, 5) is 0. The van der Waals surface area contributed by atoms with E-state index >= 15 is 0 Å². The van der Waals surface area contributed by atoms with E-state index in [0.717, 1.165) is 105 Å². The summed E-state index contributed by atoms with van der Waals surface area (Å²) >= 11 is 0. The minimum atomic E-state index is 0.871. The Labute approximate surface area is 505 Å². The van der Waals surface area contributed by atoms with E-state index in [2.05, 4.69) is 300 Å². The van der Waals surface area contributed by atoms with Gasteiger partial charge in [-0.15, -0.1) is 0 Å². The zero-order valence-electron chi connectivity index (χ0n) is 47.6. The molecule has 0 fully saturated rings. The van der Waals surface area contributed by atoms with E-state index < -0.39 is 0 Å². The van der Waals surface area contributed by atoms with Crippen LogP contribution in [0, 0.1) is 0 Å². The van der Waals surface area contributed by atoms with Crippen molar-refractivity contribution >= 4 is 120 Å². The van der Waals surface area contributed by atoms with Crippen molar-refractivity contribution in [3.8, 4) is 67.0 Å². The zero-order valence-corrected chi connectivity index (χ0v) is 47.6. The quantitative estimate of drug-likeness (QED) is 0.149. The van der Waals surface area contributed by atoms with Crippen LogP contribution in [0.15, 0.2) is 312 Å². The monoisotopic (exact) mass is 1120 g/mol. The van der Waals surface area contributed by atoms with Gasteiger partial charge in [-0.3, -0.25) is 0 Å². The third-order valence-electron chi connectivity index (χ3n) is 18.7. The highest BCUT2D eigenvalue weighted by atomic mass is 16.3. The first-order valence-electron chi connectivity index (χ1n) is 30.2. The number of para-hydroxylation sites is 2. The minimum Gasteiger partial charge on any atom is -0.456 e. The molecule has 0 aliphatic carbocycles. The van der Waals surface area contributed by atoms with Crippen molar-refractivity contribution in [3.05, 3.63) is 303 Å². The van der Waals surface area contributed by atoms with Crippen LogP contribution in [0.25, 0.3) is 187 Å². The van der Waals surface area contributed by atoms with Crippen LogP contribution < -0.4 is 0 Å². The molecule has 4 heteroatoms. The summed E-state index contributed by atoms with van der Waals surface area (Å²) in [6.07, 6.45) is 0. The van der Waals surface area contributed by atoms with Crippen molar-refractivity contribution in [2.24, 2.45) is 0 Å². The molecule has 4 nitrogen and oxygen atoms in total. The van der Waals surface area contributed by atoms with Crippen molar-refractivity contribution < 1.29 is 8.83 Å². The summed E-state index contributed by atoms with van der Waals surface area (Å²) in [5.41, 5.74) is 21.9. The van der Waals surface area contributed by atoms with E-state index in [1.165, 1.54) is 81.7 Å². The Bertz CT molecular complexity index is 6110. The standard InChI is InChI=1S/C84H50N2O2/c1-2-16-51(17-3-1)59-45-60(48-62(47-59)86-74-29-13-27-70-68-25-7-9-33-78(68)88-80-35-15-31-76(86)84(80)82(70)74)53-38-36-52(37-39-53)57-40-42-65-63-22-4-5-23-64(63)66-43-41-58(50-72(66)71(65)49-57)55-19-10-18-54(44-55)56-20-11-21-61(46-56)85-73-28-12-26-69-67-24-6-8-32-77(67)87-79-34-14-30-75(85)83(79)81(69)73/h1-50H. The Morgan fingerprint density at radius 2 is 0.500 bits per heavy atom. The minimum absolute atomic E-state index is 0.871. The Morgan fingerprint density at radius 3 is 1.06 bits per heavy atom. The number of benzene rings is 15. The van der Waals surface area contributed by atoms with E-state index in [1.807, 2.05) is 12.1 Å². The number of aromatic nitrogens is 2. The number of nitrogens with zero attached hydrogens (tertiary/aromatic N) is 2. The molecule has 0 N–H and O–H groups in total. The molecule has 4 heterocycles. The van der Waals surface area contributed by atoms with Gasteiger partial charge in [-0.2, -0.15) is 0 Å². The Kier molecular flexibility index (Phi) is 10.4. The third-order valence-corrected chi connectivity index (χ3v) is 18.7.